The number of aromatic nitrogens is 4. The van der Waals surface area contributed by atoms with Crippen LogP contribution in [0.1, 0.15) is 56.7 Å². The number of nitrogens with zero attached hydrogens (tertiary/aromatic N) is 4. The fourth-order valence-electron chi connectivity index (χ4n) is 2.53. The standard InChI is InChI=1S/C16H23N5/c1-3-5-13-15(17-9-4-2)18-11-19-16(13)21-10-8-14(20-21)12-6-7-12/h8,10-12H,3-7,9H2,1-2H3,(H,17,18,19). The zero-order chi connectivity index (χ0) is 14.7. The van der Waals surface area contributed by atoms with Gasteiger partial charge in [-0.2, -0.15) is 5.10 Å². The monoisotopic (exact) mass is 285 g/mol. The van der Waals surface area contributed by atoms with Crippen LogP contribution in [0.3, 0.4) is 0 Å². The molecule has 1 saturated carbocycles. The molecular formula is C16H23N5. The van der Waals surface area contributed by atoms with E-state index >= 15 is 0 Å². The summed E-state index contributed by atoms with van der Waals surface area (Å²) >= 11 is 0. The van der Waals surface area contributed by atoms with Crippen LogP contribution in [-0.2, 0) is 6.42 Å². The Morgan fingerprint density at radius 1 is 1.24 bits per heavy atom. The van der Waals surface area contributed by atoms with Crippen molar-refractivity contribution in [1.29, 1.82) is 0 Å². The first-order valence-electron chi connectivity index (χ1n) is 7.97. The Labute approximate surface area is 125 Å². The molecule has 0 aromatic carbocycles. The van der Waals surface area contributed by atoms with Gasteiger partial charge in [-0.25, -0.2) is 14.6 Å². The van der Waals surface area contributed by atoms with E-state index in [1.165, 1.54) is 24.1 Å². The first kappa shape index (κ1) is 14.0. The topological polar surface area (TPSA) is 55.6 Å². The molecule has 5 nitrogen and oxygen atoms in total. The van der Waals surface area contributed by atoms with Crippen molar-refractivity contribution in [3.63, 3.8) is 0 Å². The average Bonchev–Trinajstić information content (AvgIpc) is 3.24. The molecule has 0 amide bonds. The number of anilines is 1. The van der Waals surface area contributed by atoms with Crippen molar-refractivity contribution < 1.29 is 0 Å². The molecule has 21 heavy (non-hydrogen) atoms. The van der Waals surface area contributed by atoms with Crippen molar-refractivity contribution in [2.75, 3.05) is 11.9 Å². The van der Waals surface area contributed by atoms with Gasteiger partial charge in [0.1, 0.15) is 12.1 Å². The van der Waals surface area contributed by atoms with E-state index in [1.54, 1.807) is 6.33 Å². The van der Waals surface area contributed by atoms with Gasteiger partial charge in [-0.3, -0.25) is 0 Å². The molecule has 5 heteroatoms. The molecule has 0 unspecified atom stereocenters. The summed E-state index contributed by atoms with van der Waals surface area (Å²) in [6.07, 6.45) is 9.30. The van der Waals surface area contributed by atoms with Gasteiger partial charge in [0.2, 0.25) is 0 Å². The fourth-order valence-corrected chi connectivity index (χ4v) is 2.53. The zero-order valence-corrected chi connectivity index (χ0v) is 12.8. The molecule has 0 atom stereocenters. The minimum absolute atomic E-state index is 0.667. The van der Waals surface area contributed by atoms with E-state index in [1.807, 2.05) is 10.9 Å². The lowest BCUT2D eigenvalue weighted by Crippen LogP contribution is -2.11. The second-order valence-electron chi connectivity index (χ2n) is 5.66. The fraction of sp³-hybridized carbons (Fsp3) is 0.562. The summed E-state index contributed by atoms with van der Waals surface area (Å²) in [5, 5.41) is 8.11. The van der Waals surface area contributed by atoms with Crippen molar-refractivity contribution in [2.45, 2.75) is 51.9 Å². The lowest BCUT2D eigenvalue weighted by atomic mass is 10.1. The van der Waals surface area contributed by atoms with Gasteiger partial charge < -0.3 is 5.32 Å². The minimum atomic E-state index is 0.667. The molecule has 1 N–H and O–H groups in total. The lowest BCUT2D eigenvalue weighted by Gasteiger charge is -2.13. The van der Waals surface area contributed by atoms with Crippen LogP contribution in [0.5, 0.6) is 0 Å². The van der Waals surface area contributed by atoms with Crippen molar-refractivity contribution in [1.82, 2.24) is 19.7 Å². The quantitative estimate of drug-likeness (QED) is 0.848. The van der Waals surface area contributed by atoms with Crippen LogP contribution in [0.25, 0.3) is 5.82 Å². The van der Waals surface area contributed by atoms with Crippen LogP contribution in [0.2, 0.25) is 0 Å². The van der Waals surface area contributed by atoms with Gasteiger partial charge in [-0.1, -0.05) is 20.3 Å². The summed E-state index contributed by atoms with van der Waals surface area (Å²) in [5.74, 6) is 2.53. The second-order valence-corrected chi connectivity index (χ2v) is 5.66. The molecule has 3 rings (SSSR count). The number of hydrogen-bond donors (Lipinski definition) is 1. The van der Waals surface area contributed by atoms with Crippen molar-refractivity contribution >= 4 is 5.82 Å². The van der Waals surface area contributed by atoms with Crippen LogP contribution < -0.4 is 5.32 Å². The van der Waals surface area contributed by atoms with Gasteiger partial charge in [0.05, 0.1) is 5.69 Å². The van der Waals surface area contributed by atoms with Gasteiger partial charge in [-0.05, 0) is 31.7 Å². The Hall–Kier alpha value is -1.91. The summed E-state index contributed by atoms with van der Waals surface area (Å²) in [5.41, 5.74) is 2.36. The molecule has 112 valence electrons. The number of hydrogen-bond acceptors (Lipinski definition) is 4. The molecule has 0 saturated heterocycles. The molecule has 2 aromatic rings. The number of nitrogens with one attached hydrogen (secondary N) is 1. The average molecular weight is 285 g/mol. The Morgan fingerprint density at radius 3 is 2.81 bits per heavy atom. The third-order valence-corrected chi connectivity index (χ3v) is 3.79. The Morgan fingerprint density at radius 2 is 2.10 bits per heavy atom. The summed E-state index contributed by atoms with van der Waals surface area (Å²) in [7, 11) is 0. The molecule has 2 aromatic heterocycles. The van der Waals surface area contributed by atoms with Gasteiger partial charge >= 0.3 is 0 Å². The molecule has 1 aliphatic carbocycles. The summed E-state index contributed by atoms with van der Waals surface area (Å²) in [6, 6.07) is 2.12. The molecule has 2 heterocycles. The molecule has 0 radical (unpaired) electrons. The van der Waals surface area contributed by atoms with Crippen molar-refractivity contribution in [3.8, 4) is 5.82 Å². The highest BCUT2D eigenvalue weighted by molar-refractivity contribution is 5.51. The highest BCUT2D eigenvalue weighted by Gasteiger charge is 2.26. The maximum absolute atomic E-state index is 4.71. The smallest absolute Gasteiger partial charge is 0.161 e. The molecular weight excluding hydrogens is 262 g/mol. The molecule has 0 spiro atoms. The van der Waals surface area contributed by atoms with E-state index in [0.717, 1.165) is 37.4 Å². The normalized spacial score (nSPS) is 14.4. The molecule has 1 fully saturated rings. The molecule has 0 aliphatic heterocycles. The number of rotatable bonds is 7. The largest absolute Gasteiger partial charge is 0.370 e. The first-order valence-corrected chi connectivity index (χ1v) is 7.97. The van der Waals surface area contributed by atoms with Gasteiger partial charge in [0.25, 0.3) is 0 Å². The minimum Gasteiger partial charge on any atom is -0.370 e. The Balaban J connectivity index is 1.94. The zero-order valence-electron chi connectivity index (χ0n) is 12.8. The van der Waals surface area contributed by atoms with Gasteiger partial charge in [-0.15, -0.1) is 0 Å². The maximum Gasteiger partial charge on any atom is 0.161 e. The van der Waals surface area contributed by atoms with E-state index in [9.17, 15) is 0 Å². The third-order valence-electron chi connectivity index (χ3n) is 3.79. The van der Waals surface area contributed by atoms with Gasteiger partial charge in [0.15, 0.2) is 5.82 Å². The first-order chi connectivity index (χ1) is 10.3. The van der Waals surface area contributed by atoms with Crippen LogP contribution in [0, 0.1) is 0 Å². The van der Waals surface area contributed by atoms with Crippen LogP contribution in [0.4, 0.5) is 5.82 Å². The van der Waals surface area contributed by atoms with E-state index in [4.69, 9.17) is 5.10 Å². The van der Waals surface area contributed by atoms with Crippen LogP contribution in [0.15, 0.2) is 18.6 Å². The van der Waals surface area contributed by atoms with Crippen molar-refractivity contribution in [3.05, 3.63) is 29.8 Å². The third kappa shape index (κ3) is 3.06. The summed E-state index contributed by atoms with van der Waals surface area (Å²) in [4.78, 5) is 8.89. The van der Waals surface area contributed by atoms with E-state index < -0.39 is 0 Å². The predicted molar refractivity (Wildman–Crippen MR) is 83.9 cm³/mol. The summed E-state index contributed by atoms with van der Waals surface area (Å²) < 4.78 is 1.91. The van der Waals surface area contributed by atoms with E-state index in [0.29, 0.717) is 5.92 Å². The van der Waals surface area contributed by atoms with Crippen LogP contribution in [-0.4, -0.2) is 26.3 Å². The van der Waals surface area contributed by atoms with Gasteiger partial charge in [0, 0.05) is 24.2 Å². The second kappa shape index (κ2) is 6.24. The maximum atomic E-state index is 4.71. The lowest BCUT2D eigenvalue weighted by molar-refractivity contribution is 0.778. The SMILES string of the molecule is CCCNc1ncnc(-n2ccc(C3CC3)n2)c1CCC. The Bertz CT molecular complexity index is 600. The molecule has 0 bridgehead atoms. The Kier molecular flexibility index (Phi) is 4.18. The van der Waals surface area contributed by atoms with E-state index in [-0.39, 0.29) is 0 Å². The van der Waals surface area contributed by atoms with E-state index in [2.05, 4.69) is 35.2 Å². The van der Waals surface area contributed by atoms with Crippen LogP contribution >= 0.6 is 0 Å². The highest BCUT2D eigenvalue weighted by atomic mass is 15.3. The summed E-state index contributed by atoms with van der Waals surface area (Å²) in [6.45, 7) is 5.27. The highest BCUT2D eigenvalue weighted by Crippen LogP contribution is 2.39. The van der Waals surface area contributed by atoms with Crippen molar-refractivity contribution in [2.24, 2.45) is 0 Å². The predicted octanol–water partition coefficient (Wildman–Crippen LogP) is 3.31. The molecule has 1 aliphatic rings.